The molecule has 0 aliphatic carbocycles. The molecule has 1 aliphatic heterocycles. The molecule has 1 fully saturated rings. The number of aromatic nitrogens is 2. The maximum atomic E-state index is 14.4. The Morgan fingerprint density at radius 3 is 2.65 bits per heavy atom. The third-order valence-corrected chi connectivity index (χ3v) is 3.93. The Kier molecular flexibility index (Phi) is 5.35. The van der Waals surface area contributed by atoms with Crippen LogP contribution in [0.1, 0.15) is 38.8 Å². The largest absolute Gasteiger partial charge is 0.387 e. The van der Waals surface area contributed by atoms with Crippen LogP contribution in [0.3, 0.4) is 0 Å². The molecule has 0 amide bonds. The third-order valence-electron chi connectivity index (χ3n) is 3.93. The first-order chi connectivity index (χ1) is 10.8. The molecule has 0 saturated carbocycles. The Morgan fingerprint density at radius 2 is 2.04 bits per heavy atom. The summed E-state index contributed by atoms with van der Waals surface area (Å²) in [5.74, 6) is -2.84. The van der Waals surface area contributed by atoms with Gasteiger partial charge in [0.25, 0.3) is 5.56 Å². The number of unbranched alkanes of at least 4 members (excludes halogenated alkanes) is 2. The number of aromatic amines is 1. The van der Waals surface area contributed by atoms with Crippen LogP contribution in [0.25, 0.3) is 0 Å². The molecule has 1 aromatic rings. The summed E-state index contributed by atoms with van der Waals surface area (Å²) >= 11 is 0. The molecule has 23 heavy (non-hydrogen) atoms. The van der Waals surface area contributed by atoms with E-state index in [2.05, 4.69) is 0 Å². The van der Waals surface area contributed by atoms with E-state index in [0.717, 1.165) is 23.3 Å². The Labute approximate surface area is 131 Å². The fourth-order valence-corrected chi connectivity index (χ4v) is 2.65. The van der Waals surface area contributed by atoms with Gasteiger partial charge in [-0.05, 0) is 6.42 Å². The first-order valence-corrected chi connectivity index (χ1v) is 7.52. The van der Waals surface area contributed by atoms with Gasteiger partial charge in [0.05, 0.1) is 0 Å². The Hall–Kier alpha value is -1.55. The van der Waals surface area contributed by atoms with Gasteiger partial charge in [0.15, 0.2) is 6.23 Å². The van der Waals surface area contributed by atoms with Crippen LogP contribution in [0.15, 0.2) is 21.9 Å². The highest BCUT2D eigenvalue weighted by Crippen LogP contribution is 2.37. The van der Waals surface area contributed by atoms with Crippen LogP contribution < -0.4 is 11.2 Å². The molecule has 0 radical (unpaired) electrons. The van der Waals surface area contributed by atoms with Crippen molar-refractivity contribution in [2.75, 3.05) is 0 Å². The summed E-state index contributed by atoms with van der Waals surface area (Å²) in [7, 11) is 0. The smallest absolute Gasteiger partial charge is 0.330 e. The lowest BCUT2D eigenvalue weighted by Gasteiger charge is -2.27. The third kappa shape index (κ3) is 3.69. The summed E-state index contributed by atoms with van der Waals surface area (Å²) in [6.07, 6.45) is -3.74. The van der Waals surface area contributed by atoms with Gasteiger partial charge in [-0.25, -0.2) is 9.18 Å². The number of hydrogen-bond donors (Lipinski definition) is 4. The van der Waals surface area contributed by atoms with Crippen molar-refractivity contribution in [3.05, 3.63) is 33.1 Å². The van der Waals surface area contributed by atoms with Crippen molar-refractivity contribution in [1.29, 1.82) is 0 Å². The van der Waals surface area contributed by atoms with E-state index in [9.17, 15) is 29.3 Å². The second-order valence-electron chi connectivity index (χ2n) is 5.72. The molecule has 1 aliphatic rings. The molecule has 0 aromatic carbocycles. The molecule has 1 aromatic heterocycles. The first-order valence-electron chi connectivity index (χ1n) is 7.52. The van der Waals surface area contributed by atoms with Gasteiger partial charge in [-0.1, -0.05) is 19.8 Å². The molecule has 5 atom stereocenters. The van der Waals surface area contributed by atoms with E-state index in [0.29, 0.717) is 12.8 Å². The molecule has 1 unspecified atom stereocenters. The Bertz CT molecular complexity index is 643. The molecule has 8 nitrogen and oxygen atoms in total. The number of nitrogens with zero attached hydrogens (tertiary/aromatic N) is 1. The molecule has 2 rings (SSSR count). The number of hydrogen-bond acceptors (Lipinski definition) is 6. The fourth-order valence-electron chi connectivity index (χ4n) is 2.65. The van der Waals surface area contributed by atoms with Crippen molar-refractivity contribution >= 4 is 0 Å². The number of aliphatic hydroxyl groups is 3. The number of alkyl halides is 1. The topological polar surface area (TPSA) is 125 Å². The Morgan fingerprint density at radius 1 is 1.35 bits per heavy atom. The molecule has 0 spiro atoms. The van der Waals surface area contributed by atoms with Crippen molar-refractivity contribution in [3.8, 4) is 0 Å². The van der Waals surface area contributed by atoms with Crippen LogP contribution in [0, 0.1) is 0 Å². The highest BCUT2D eigenvalue weighted by molar-refractivity contribution is 4.97. The summed E-state index contributed by atoms with van der Waals surface area (Å²) in [6, 6.07) is 1.03. The molecule has 4 N–H and O–H groups in total. The minimum absolute atomic E-state index is 0.261. The van der Waals surface area contributed by atoms with Gasteiger partial charge in [0.2, 0.25) is 5.85 Å². The van der Waals surface area contributed by atoms with Gasteiger partial charge >= 0.3 is 5.69 Å². The zero-order chi connectivity index (χ0) is 17.2. The Balaban J connectivity index is 2.20. The molecule has 0 bridgehead atoms. The van der Waals surface area contributed by atoms with E-state index < -0.39 is 41.6 Å². The fraction of sp³-hybridized carbons (Fsp3) is 0.714. The number of rotatable bonds is 6. The number of ether oxygens (including phenoxy) is 1. The summed E-state index contributed by atoms with van der Waals surface area (Å²) in [4.78, 5) is 24.7. The van der Waals surface area contributed by atoms with Gasteiger partial charge in [-0.3, -0.25) is 14.3 Å². The number of halogens is 1. The van der Waals surface area contributed by atoms with E-state index in [1.807, 2.05) is 11.9 Å². The standard InChI is InChI=1S/C14H21FN2O6/c1-2-3-4-6-14(15,22)11-9(19)10(20)12(23-11)17-7-5-8(18)16-13(17)21/h5,7,9-12,19-20,22H,2-4,6H2,1H3,(H,16,18,21)/t9-,10+,11-,12+,14?/m0/s1. The van der Waals surface area contributed by atoms with Crippen LogP contribution in [0.5, 0.6) is 0 Å². The van der Waals surface area contributed by atoms with Crippen LogP contribution in [0.4, 0.5) is 4.39 Å². The van der Waals surface area contributed by atoms with Crippen molar-refractivity contribution in [2.45, 2.75) is 63.0 Å². The van der Waals surface area contributed by atoms with Crippen LogP contribution >= 0.6 is 0 Å². The maximum Gasteiger partial charge on any atom is 0.330 e. The minimum Gasteiger partial charge on any atom is -0.387 e. The molecule has 130 valence electrons. The minimum atomic E-state index is -2.84. The average Bonchev–Trinajstić information content (AvgIpc) is 2.76. The number of aliphatic hydroxyl groups excluding tert-OH is 2. The van der Waals surface area contributed by atoms with E-state index in [1.54, 1.807) is 0 Å². The number of nitrogens with one attached hydrogen (secondary N) is 1. The normalized spacial score (nSPS) is 30.3. The second-order valence-corrected chi connectivity index (χ2v) is 5.72. The van der Waals surface area contributed by atoms with E-state index in [1.165, 1.54) is 0 Å². The van der Waals surface area contributed by atoms with Gasteiger partial charge in [0.1, 0.15) is 18.3 Å². The van der Waals surface area contributed by atoms with Gasteiger partial charge in [0, 0.05) is 18.7 Å². The van der Waals surface area contributed by atoms with Gasteiger partial charge in [-0.15, -0.1) is 0 Å². The lowest BCUT2D eigenvalue weighted by Crippen LogP contribution is -2.46. The predicted molar refractivity (Wildman–Crippen MR) is 77.4 cm³/mol. The van der Waals surface area contributed by atoms with Crippen LogP contribution in [0.2, 0.25) is 0 Å². The lowest BCUT2D eigenvalue weighted by atomic mass is 9.98. The van der Waals surface area contributed by atoms with Gasteiger partial charge in [-0.2, -0.15) is 0 Å². The zero-order valence-electron chi connectivity index (χ0n) is 12.7. The number of H-pyrrole nitrogens is 1. The maximum absolute atomic E-state index is 14.4. The van der Waals surface area contributed by atoms with E-state index in [-0.39, 0.29) is 6.42 Å². The molecular weight excluding hydrogens is 311 g/mol. The highest BCUT2D eigenvalue weighted by Gasteiger charge is 2.54. The predicted octanol–water partition coefficient (Wildman–Crippen LogP) is -0.606. The first kappa shape index (κ1) is 17.8. The summed E-state index contributed by atoms with van der Waals surface area (Å²) in [6.45, 7) is 1.92. The lowest BCUT2D eigenvalue weighted by molar-refractivity contribution is -0.212. The average molecular weight is 332 g/mol. The zero-order valence-corrected chi connectivity index (χ0v) is 12.7. The molecule has 9 heteroatoms. The van der Waals surface area contributed by atoms with Crippen molar-refractivity contribution < 1.29 is 24.4 Å². The molecule has 1 saturated heterocycles. The summed E-state index contributed by atoms with van der Waals surface area (Å²) < 4.78 is 20.4. The highest BCUT2D eigenvalue weighted by atomic mass is 19.2. The van der Waals surface area contributed by atoms with E-state index in [4.69, 9.17) is 4.74 Å². The summed E-state index contributed by atoms with van der Waals surface area (Å²) in [5.41, 5.74) is -1.51. The van der Waals surface area contributed by atoms with Crippen molar-refractivity contribution in [1.82, 2.24) is 9.55 Å². The molecular formula is C14H21FN2O6. The van der Waals surface area contributed by atoms with Crippen molar-refractivity contribution in [3.63, 3.8) is 0 Å². The summed E-state index contributed by atoms with van der Waals surface area (Å²) in [5, 5.41) is 29.9. The quantitative estimate of drug-likeness (QED) is 0.515. The van der Waals surface area contributed by atoms with Crippen LogP contribution in [-0.4, -0.2) is 49.0 Å². The molecule has 2 heterocycles. The van der Waals surface area contributed by atoms with Crippen LogP contribution in [-0.2, 0) is 4.74 Å². The van der Waals surface area contributed by atoms with E-state index >= 15 is 0 Å². The SMILES string of the molecule is CCCCCC(O)(F)[C@H]1O[C@@H](n2ccc(=O)[nH]c2=O)[C@H](O)[C@@H]1O. The van der Waals surface area contributed by atoms with Gasteiger partial charge < -0.3 is 20.1 Å². The van der Waals surface area contributed by atoms with Crippen molar-refractivity contribution in [2.24, 2.45) is 0 Å². The second kappa shape index (κ2) is 6.91. The monoisotopic (exact) mass is 332 g/mol.